The van der Waals surface area contributed by atoms with Gasteiger partial charge in [0.05, 0.1) is 0 Å². The minimum absolute atomic E-state index is 0.847. The number of hydrogen-bond acceptors (Lipinski definition) is 1. The molecule has 1 aliphatic rings. The van der Waals surface area contributed by atoms with Crippen LogP contribution in [0.4, 0.5) is 0 Å². The molecule has 0 atom stereocenters. The molecular weight excluding hydrogens is 232 g/mol. The van der Waals surface area contributed by atoms with Crippen molar-refractivity contribution >= 4 is 27.3 Å². The van der Waals surface area contributed by atoms with E-state index >= 15 is 0 Å². The van der Waals surface area contributed by atoms with Crippen LogP contribution in [0.5, 0.6) is 0 Å². The highest BCUT2D eigenvalue weighted by Gasteiger charge is 2.17. The van der Waals surface area contributed by atoms with Crippen LogP contribution in [0.15, 0.2) is 15.2 Å². The molecule has 0 bridgehead atoms. The molecule has 12 heavy (non-hydrogen) atoms. The molecule has 0 radical (unpaired) electrons. The van der Waals surface area contributed by atoms with Crippen molar-refractivity contribution in [3.63, 3.8) is 0 Å². The van der Waals surface area contributed by atoms with Gasteiger partial charge in [-0.1, -0.05) is 19.3 Å². The fourth-order valence-electron chi connectivity index (χ4n) is 2.00. The molecule has 0 saturated heterocycles. The van der Waals surface area contributed by atoms with E-state index in [9.17, 15) is 0 Å². The largest absolute Gasteiger partial charge is 0.151 e. The summed E-state index contributed by atoms with van der Waals surface area (Å²) in [7, 11) is 0. The zero-order valence-corrected chi connectivity index (χ0v) is 9.46. The summed E-state index contributed by atoms with van der Waals surface area (Å²) < 4.78 is 1.33. The Labute approximate surface area is 86.1 Å². The van der Waals surface area contributed by atoms with Crippen molar-refractivity contribution in [2.45, 2.75) is 38.0 Å². The standard InChI is InChI=1S/C10H13BrS/c11-10-7-12-6-9(10)8-4-2-1-3-5-8/h6-8H,1-5H2. The molecule has 1 aromatic rings. The quantitative estimate of drug-likeness (QED) is 0.680. The Hall–Kier alpha value is 0.180. The molecule has 2 heteroatoms. The minimum Gasteiger partial charge on any atom is -0.151 e. The molecule has 0 aliphatic heterocycles. The van der Waals surface area contributed by atoms with E-state index in [2.05, 4.69) is 26.7 Å². The van der Waals surface area contributed by atoms with Gasteiger partial charge in [-0.3, -0.25) is 0 Å². The van der Waals surface area contributed by atoms with Gasteiger partial charge in [0, 0.05) is 9.85 Å². The van der Waals surface area contributed by atoms with Crippen LogP contribution < -0.4 is 0 Å². The van der Waals surface area contributed by atoms with Gasteiger partial charge in [0.25, 0.3) is 0 Å². The number of thiophene rings is 1. The molecular formula is C10H13BrS. The predicted octanol–water partition coefficient (Wildman–Crippen LogP) is 4.56. The summed E-state index contributed by atoms with van der Waals surface area (Å²) >= 11 is 5.43. The number of rotatable bonds is 1. The van der Waals surface area contributed by atoms with E-state index in [0.717, 1.165) is 5.92 Å². The Kier molecular flexibility index (Phi) is 2.87. The summed E-state index contributed by atoms with van der Waals surface area (Å²) in [5, 5.41) is 4.50. The van der Waals surface area contributed by atoms with Gasteiger partial charge in [0.15, 0.2) is 0 Å². The third-order valence-corrected chi connectivity index (χ3v) is 4.44. The van der Waals surface area contributed by atoms with Gasteiger partial charge in [-0.25, -0.2) is 0 Å². The van der Waals surface area contributed by atoms with Crippen LogP contribution in [-0.2, 0) is 0 Å². The molecule has 2 rings (SSSR count). The van der Waals surface area contributed by atoms with Crippen LogP contribution >= 0.6 is 27.3 Å². The predicted molar refractivity (Wildman–Crippen MR) is 57.8 cm³/mol. The van der Waals surface area contributed by atoms with E-state index < -0.39 is 0 Å². The lowest BCUT2D eigenvalue weighted by Crippen LogP contribution is -2.03. The Balaban J connectivity index is 2.13. The second-order valence-electron chi connectivity index (χ2n) is 3.51. The van der Waals surface area contributed by atoms with Crippen molar-refractivity contribution in [1.82, 2.24) is 0 Å². The van der Waals surface area contributed by atoms with Gasteiger partial charge in [-0.15, -0.1) is 0 Å². The Morgan fingerprint density at radius 1 is 1.17 bits per heavy atom. The van der Waals surface area contributed by atoms with E-state index in [4.69, 9.17) is 0 Å². The van der Waals surface area contributed by atoms with Crippen LogP contribution in [0.1, 0.15) is 43.6 Å². The first-order valence-electron chi connectivity index (χ1n) is 4.59. The fraction of sp³-hybridized carbons (Fsp3) is 0.600. The van der Waals surface area contributed by atoms with E-state index in [-0.39, 0.29) is 0 Å². The molecule has 1 saturated carbocycles. The Morgan fingerprint density at radius 2 is 1.92 bits per heavy atom. The fourth-order valence-corrected chi connectivity index (χ4v) is 3.70. The third kappa shape index (κ3) is 1.74. The van der Waals surface area contributed by atoms with E-state index in [1.807, 2.05) is 11.3 Å². The maximum absolute atomic E-state index is 3.61. The molecule has 66 valence electrons. The average molecular weight is 245 g/mol. The molecule has 0 N–H and O–H groups in total. The lowest BCUT2D eigenvalue weighted by atomic mass is 9.85. The first kappa shape index (κ1) is 8.76. The molecule has 0 amide bonds. The highest BCUT2D eigenvalue weighted by atomic mass is 79.9. The topological polar surface area (TPSA) is 0 Å². The van der Waals surface area contributed by atoms with E-state index in [1.54, 1.807) is 5.56 Å². The lowest BCUT2D eigenvalue weighted by Gasteiger charge is -2.21. The SMILES string of the molecule is Brc1cscc1C1CCCCC1. The monoisotopic (exact) mass is 244 g/mol. The zero-order chi connectivity index (χ0) is 8.39. The van der Waals surface area contributed by atoms with Crippen LogP contribution in [-0.4, -0.2) is 0 Å². The summed E-state index contributed by atoms with van der Waals surface area (Å²) in [6, 6.07) is 0. The van der Waals surface area contributed by atoms with Gasteiger partial charge in [0.2, 0.25) is 0 Å². The third-order valence-electron chi connectivity index (χ3n) is 2.69. The van der Waals surface area contributed by atoms with Crippen molar-refractivity contribution in [3.05, 3.63) is 20.8 Å². The molecule has 1 fully saturated rings. The van der Waals surface area contributed by atoms with Gasteiger partial charge in [0.1, 0.15) is 0 Å². The molecule has 0 unspecified atom stereocenters. The summed E-state index contributed by atoms with van der Waals surface area (Å²) in [5.74, 6) is 0.847. The normalized spacial score (nSPS) is 19.8. The molecule has 0 aromatic carbocycles. The maximum atomic E-state index is 3.61. The smallest absolute Gasteiger partial charge is 0.0317 e. The molecule has 1 aliphatic carbocycles. The highest BCUT2D eigenvalue weighted by Crippen LogP contribution is 2.37. The highest BCUT2D eigenvalue weighted by molar-refractivity contribution is 9.10. The lowest BCUT2D eigenvalue weighted by molar-refractivity contribution is 0.443. The van der Waals surface area contributed by atoms with Crippen molar-refractivity contribution < 1.29 is 0 Å². The van der Waals surface area contributed by atoms with Gasteiger partial charge in [-0.05, 0) is 45.6 Å². The first-order valence-corrected chi connectivity index (χ1v) is 6.33. The minimum atomic E-state index is 0.847. The van der Waals surface area contributed by atoms with E-state index in [0.29, 0.717) is 0 Å². The maximum Gasteiger partial charge on any atom is 0.0317 e. The summed E-state index contributed by atoms with van der Waals surface area (Å²) in [6.07, 6.45) is 7.09. The van der Waals surface area contributed by atoms with Gasteiger partial charge in [-0.2, -0.15) is 11.3 Å². The molecule has 0 nitrogen and oxygen atoms in total. The second-order valence-corrected chi connectivity index (χ2v) is 5.11. The van der Waals surface area contributed by atoms with Crippen LogP contribution in [0.3, 0.4) is 0 Å². The zero-order valence-electron chi connectivity index (χ0n) is 7.05. The van der Waals surface area contributed by atoms with Crippen LogP contribution in [0.25, 0.3) is 0 Å². The Bertz CT molecular complexity index is 248. The number of halogens is 1. The van der Waals surface area contributed by atoms with Crippen molar-refractivity contribution in [1.29, 1.82) is 0 Å². The van der Waals surface area contributed by atoms with Crippen LogP contribution in [0, 0.1) is 0 Å². The van der Waals surface area contributed by atoms with Gasteiger partial charge < -0.3 is 0 Å². The summed E-state index contributed by atoms with van der Waals surface area (Å²) in [5.41, 5.74) is 1.56. The first-order chi connectivity index (χ1) is 5.88. The summed E-state index contributed by atoms with van der Waals surface area (Å²) in [6.45, 7) is 0. The molecule has 1 heterocycles. The van der Waals surface area contributed by atoms with E-state index in [1.165, 1.54) is 36.6 Å². The second kappa shape index (κ2) is 3.93. The van der Waals surface area contributed by atoms with Crippen molar-refractivity contribution in [2.24, 2.45) is 0 Å². The van der Waals surface area contributed by atoms with Crippen LogP contribution in [0.2, 0.25) is 0 Å². The summed E-state index contributed by atoms with van der Waals surface area (Å²) in [4.78, 5) is 0. The van der Waals surface area contributed by atoms with Crippen molar-refractivity contribution in [2.75, 3.05) is 0 Å². The number of hydrogen-bond donors (Lipinski definition) is 0. The van der Waals surface area contributed by atoms with Gasteiger partial charge >= 0.3 is 0 Å². The van der Waals surface area contributed by atoms with Crippen molar-refractivity contribution in [3.8, 4) is 0 Å². The molecule has 1 aromatic heterocycles. The average Bonchev–Trinajstić information content (AvgIpc) is 2.53. The Morgan fingerprint density at radius 3 is 2.50 bits per heavy atom. The molecule has 0 spiro atoms.